The molecule has 0 aromatic heterocycles. The molecule has 2 aromatic carbocycles. The third-order valence-corrected chi connectivity index (χ3v) is 4.05. The Balaban J connectivity index is 1.84. The van der Waals surface area contributed by atoms with Crippen LogP contribution in [0, 0.1) is 6.92 Å². The Morgan fingerprint density at radius 3 is 2.46 bits per heavy atom. The second-order valence-electron chi connectivity index (χ2n) is 6.83. The van der Waals surface area contributed by atoms with Crippen molar-refractivity contribution in [3.8, 4) is 5.75 Å². The molecule has 148 valence electrons. The minimum Gasteiger partial charge on any atom is -0.482 e. The van der Waals surface area contributed by atoms with Gasteiger partial charge in [-0.1, -0.05) is 38.1 Å². The van der Waals surface area contributed by atoms with E-state index in [0.717, 1.165) is 11.1 Å². The third-order valence-electron chi connectivity index (χ3n) is 4.05. The summed E-state index contributed by atoms with van der Waals surface area (Å²) in [5.74, 6) is -0.339. The topological polar surface area (TPSA) is 81.7 Å². The molecule has 1 N–H and O–H groups in total. The number of nitrogens with one attached hydrogen (secondary N) is 1. The number of carbonyl (C=O) groups is 3. The lowest BCUT2D eigenvalue weighted by Crippen LogP contribution is -2.24. The number of hydrogen-bond donors (Lipinski definition) is 1. The van der Waals surface area contributed by atoms with Crippen molar-refractivity contribution in [3.05, 3.63) is 59.2 Å². The number of aryl methyl sites for hydroxylation is 1. The number of hydrogen-bond acceptors (Lipinski definition) is 5. The average Bonchev–Trinajstić information content (AvgIpc) is 2.64. The van der Waals surface area contributed by atoms with E-state index in [4.69, 9.17) is 9.47 Å². The monoisotopic (exact) mass is 383 g/mol. The quantitative estimate of drug-likeness (QED) is 0.553. The smallest absolute Gasteiger partial charge is 0.344 e. The predicted octanol–water partition coefficient (Wildman–Crippen LogP) is 3.88. The number of Topliss-reactive ketones (excluding diaryl/α,β-unsaturated/α-hetero) is 1. The highest BCUT2D eigenvalue weighted by molar-refractivity contribution is 5.97. The first-order valence-corrected chi connectivity index (χ1v) is 9.06. The molecule has 0 aliphatic carbocycles. The van der Waals surface area contributed by atoms with E-state index in [-0.39, 0.29) is 18.3 Å². The first kappa shape index (κ1) is 21.2. The van der Waals surface area contributed by atoms with Crippen molar-refractivity contribution in [1.29, 1.82) is 0 Å². The Morgan fingerprint density at radius 2 is 1.79 bits per heavy atom. The van der Waals surface area contributed by atoms with E-state index in [0.29, 0.717) is 17.0 Å². The molecule has 0 spiro atoms. The van der Waals surface area contributed by atoms with E-state index < -0.39 is 18.5 Å². The zero-order valence-electron chi connectivity index (χ0n) is 16.6. The molecule has 0 fully saturated rings. The fourth-order valence-electron chi connectivity index (χ4n) is 2.58. The fourth-order valence-corrected chi connectivity index (χ4v) is 2.58. The molecule has 2 rings (SSSR count). The summed E-state index contributed by atoms with van der Waals surface area (Å²) in [6, 6.07) is 12.4. The van der Waals surface area contributed by atoms with Crippen LogP contribution in [0.5, 0.6) is 5.75 Å². The van der Waals surface area contributed by atoms with Crippen molar-refractivity contribution < 1.29 is 23.9 Å². The molecule has 0 aliphatic rings. The van der Waals surface area contributed by atoms with Crippen molar-refractivity contribution in [2.24, 2.45) is 0 Å². The summed E-state index contributed by atoms with van der Waals surface area (Å²) in [4.78, 5) is 35.2. The minimum atomic E-state index is -0.635. The molecule has 1 amide bonds. The van der Waals surface area contributed by atoms with Crippen LogP contribution >= 0.6 is 0 Å². The molecule has 28 heavy (non-hydrogen) atoms. The fraction of sp³-hybridized carbons (Fsp3) is 0.318. The van der Waals surface area contributed by atoms with Gasteiger partial charge in [0.05, 0.1) is 0 Å². The van der Waals surface area contributed by atoms with Crippen LogP contribution in [-0.2, 0) is 14.3 Å². The maximum Gasteiger partial charge on any atom is 0.344 e. The zero-order valence-corrected chi connectivity index (χ0v) is 16.6. The van der Waals surface area contributed by atoms with E-state index in [1.165, 1.54) is 6.92 Å². The number of ketones is 1. The van der Waals surface area contributed by atoms with Gasteiger partial charge >= 0.3 is 5.97 Å². The minimum absolute atomic E-state index is 0.100. The van der Waals surface area contributed by atoms with E-state index in [1.807, 2.05) is 39.0 Å². The van der Waals surface area contributed by atoms with Crippen molar-refractivity contribution >= 4 is 23.3 Å². The van der Waals surface area contributed by atoms with E-state index in [9.17, 15) is 14.4 Å². The lowest BCUT2D eigenvalue weighted by atomic mass is 10.0. The van der Waals surface area contributed by atoms with Crippen LogP contribution in [-0.4, -0.2) is 30.9 Å². The average molecular weight is 383 g/mol. The Labute approximate surface area is 164 Å². The van der Waals surface area contributed by atoms with Crippen molar-refractivity contribution in [1.82, 2.24) is 0 Å². The van der Waals surface area contributed by atoms with Crippen LogP contribution in [0.1, 0.15) is 48.2 Å². The Kier molecular flexibility index (Phi) is 7.32. The first-order chi connectivity index (χ1) is 13.3. The molecule has 0 bridgehead atoms. The number of esters is 1. The summed E-state index contributed by atoms with van der Waals surface area (Å²) in [5.41, 5.74) is 2.98. The molecule has 0 radical (unpaired) electrons. The van der Waals surface area contributed by atoms with Crippen LogP contribution < -0.4 is 10.1 Å². The molecule has 0 saturated heterocycles. The van der Waals surface area contributed by atoms with Crippen LogP contribution in [0.4, 0.5) is 5.69 Å². The van der Waals surface area contributed by atoms with Gasteiger partial charge < -0.3 is 14.8 Å². The molecule has 0 heterocycles. The van der Waals surface area contributed by atoms with E-state index in [2.05, 4.69) is 5.32 Å². The number of benzene rings is 2. The van der Waals surface area contributed by atoms with Gasteiger partial charge in [0.25, 0.3) is 5.91 Å². The number of ether oxygens (including phenoxy) is 2. The van der Waals surface area contributed by atoms with Crippen LogP contribution in [0.3, 0.4) is 0 Å². The van der Waals surface area contributed by atoms with Gasteiger partial charge in [-0.2, -0.15) is 0 Å². The van der Waals surface area contributed by atoms with Gasteiger partial charge in [-0.3, -0.25) is 9.59 Å². The van der Waals surface area contributed by atoms with Gasteiger partial charge in [0, 0.05) is 11.3 Å². The van der Waals surface area contributed by atoms with E-state index >= 15 is 0 Å². The first-order valence-electron chi connectivity index (χ1n) is 9.06. The second kappa shape index (κ2) is 9.69. The Hall–Kier alpha value is -3.15. The number of carbonyl (C=O) groups excluding carboxylic acids is 3. The van der Waals surface area contributed by atoms with Crippen molar-refractivity contribution in [2.75, 3.05) is 18.5 Å². The van der Waals surface area contributed by atoms with Crippen molar-refractivity contribution in [2.45, 2.75) is 33.6 Å². The highest BCUT2D eigenvalue weighted by Gasteiger charge is 2.13. The van der Waals surface area contributed by atoms with Gasteiger partial charge in [0.15, 0.2) is 19.0 Å². The van der Waals surface area contributed by atoms with Gasteiger partial charge in [0.1, 0.15) is 5.75 Å². The SMILES string of the molecule is CC(=O)c1cccc(NC(=O)COC(=O)COc2cc(C)ccc2C(C)C)c1. The molecule has 0 saturated carbocycles. The Bertz CT molecular complexity index is 873. The Morgan fingerprint density at radius 1 is 1.04 bits per heavy atom. The summed E-state index contributed by atoms with van der Waals surface area (Å²) < 4.78 is 10.6. The standard InChI is InChI=1S/C22H25NO5/c1-14(2)19-9-8-15(3)10-20(19)27-13-22(26)28-12-21(25)23-18-7-5-6-17(11-18)16(4)24/h5-11,14H,12-13H2,1-4H3,(H,23,25). The molecule has 6 nitrogen and oxygen atoms in total. The van der Waals surface area contributed by atoms with Gasteiger partial charge in [-0.05, 0) is 49.1 Å². The summed E-state index contributed by atoms with van der Waals surface area (Å²) in [5, 5.41) is 2.59. The van der Waals surface area contributed by atoms with Crippen molar-refractivity contribution in [3.63, 3.8) is 0 Å². The molecule has 0 aliphatic heterocycles. The maximum absolute atomic E-state index is 11.9. The molecular weight excluding hydrogens is 358 g/mol. The predicted molar refractivity (Wildman–Crippen MR) is 107 cm³/mol. The summed E-state index contributed by atoms with van der Waals surface area (Å²) >= 11 is 0. The highest BCUT2D eigenvalue weighted by atomic mass is 16.6. The molecule has 6 heteroatoms. The van der Waals surface area contributed by atoms with Crippen LogP contribution in [0.15, 0.2) is 42.5 Å². The van der Waals surface area contributed by atoms with E-state index in [1.54, 1.807) is 24.3 Å². The lowest BCUT2D eigenvalue weighted by molar-refractivity contribution is -0.149. The van der Waals surface area contributed by atoms with Gasteiger partial charge in [-0.25, -0.2) is 4.79 Å². The summed E-state index contributed by atoms with van der Waals surface area (Å²) in [6.45, 7) is 6.76. The molecule has 2 aromatic rings. The summed E-state index contributed by atoms with van der Waals surface area (Å²) in [7, 11) is 0. The number of rotatable bonds is 8. The van der Waals surface area contributed by atoms with Gasteiger partial charge in [0.2, 0.25) is 0 Å². The van der Waals surface area contributed by atoms with Gasteiger partial charge in [-0.15, -0.1) is 0 Å². The largest absolute Gasteiger partial charge is 0.482 e. The molecular formula is C22H25NO5. The zero-order chi connectivity index (χ0) is 20.7. The van der Waals surface area contributed by atoms with Crippen LogP contribution in [0.25, 0.3) is 0 Å². The normalized spacial score (nSPS) is 10.5. The third kappa shape index (κ3) is 6.23. The highest BCUT2D eigenvalue weighted by Crippen LogP contribution is 2.27. The molecule has 0 unspecified atom stereocenters. The molecule has 0 atom stereocenters. The number of anilines is 1. The number of amides is 1. The van der Waals surface area contributed by atoms with Crippen LogP contribution in [0.2, 0.25) is 0 Å². The lowest BCUT2D eigenvalue weighted by Gasteiger charge is -2.14. The maximum atomic E-state index is 11.9. The second-order valence-corrected chi connectivity index (χ2v) is 6.83. The summed E-state index contributed by atoms with van der Waals surface area (Å²) in [6.07, 6.45) is 0.